The minimum absolute atomic E-state index is 0.291. The molecule has 1 aliphatic rings. The average molecular weight is 199 g/mol. The zero-order chi connectivity index (χ0) is 10.6. The topological polar surface area (TPSA) is 29.5 Å². The lowest BCUT2D eigenvalue weighted by atomic mass is 10.1. The molecule has 0 radical (unpaired) electrons. The van der Waals surface area contributed by atoms with Crippen molar-refractivity contribution in [1.29, 1.82) is 0 Å². The molecule has 3 heteroatoms. The van der Waals surface area contributed by atoms with E-state index in [-0.39, 0.29) is 0 Å². The van der Waals surface area contributed by atoms with Gasteiger partial charge in [-0.05, 0) is 33.7 Å². The van der Waals surface area contributed by atoms with E-state index in [0.29, 0.717) is 24.3 Å². The highest BCUT2D eigenvalue weighted by molar-refractivity contribution is 5.75. The van der Waals surface area contributed by atoms with Crippen LogP contribution in [0.1, 0.15) is 33.6 Å². The monoisotopic (exact) mass is 199 g/mol. The van der Waals surface area contributed by atoms with E-state index in [2.05, 4.69) is 18.7 Å². The van der Waals surface area contributed by atoms with Crippen LogP contribution in [0.5, 0.6) is 0 Å². The standard InChI is InChI=1S/C11H21NO2/c1-9-8-14-11(3)7-12(9)6-4-5-10(2)13/h9,11H,4-8H2,1-3H3. The third kappa shape index (κ3) is 3.76. The molecule has 1 heterocycles. The molecule has 0 aromatic heterocycles. The fourth-order valence-corrected chi connectivity index (χ4v) is 1.81. The van der Waals surface area contributed by atoms with Gasteiger partial charge < -0.3 is 9.53 Å². The average Bonchev–Trinajstić information content (AvgIpc) is 2.10. The van der Waals surface area contributed by atoms with Crippen LogP contribution < -0.4 is 0 Å². The molecule has 0 aromatic carbocycles. The fraction of sp³-hybridized carbons (Fsp3) is 0.909. The number of rotatable bonds is 4. The Hall–Kier alpha value is -0.410. The van der Waals surface area contributed by atoms with E-state index in [1.807, 2.05) is 0 Å². The highest BCUT2D eigenvalue weighted by Gasteiger charge is 2.22. The molecule has 2 unspecified atom stereocenters. The van der Waals surface area contributed by atoms with Crippen molar-refractivity contribution in [2.24, 2.45) is 0 Å². The summed E-state index contributed by atoms with van der Waals surface area (Å²) in [6.45, 7) is 8.78. The number of ketones is 1. The number of carbonyl (C=O) groups is 1. The Labute approximate surface area is 86.4 Å². The molecule has 1 fully saturated rings. The molecular formula is C11H21NO2. The van der Waals surface area contributed by atoms with Gasteiger partial charge in [0.2, 0.25) is 0 Å². The normalized spacial score (nSPS) is 29.1. The lowest BCUT2D eigenvalue weighted by Gasteiger charge is -2.36. The second-order valence-corrected chi connectivity index (χ2v) is 4.29. The van der Waals surface area contributed by atoms with Gasteiger partial charge in [0.15, 0.2) is 0 Å². The zero-order valence-corrected chi connectivity index (χ0v) is 9.45. The van der Waals surface area contributed by atoms with E-state index in [0.717, 1.165) is 26.1 Å². The van der Waals surface area contributed by atoms with E-state index in [4.69, 9.17) is 4.74 Å². The molecule has 82 valence electrons. The van der Waals surface area contributed by atoms with Crippen LogP contribution in [0.4, 0.5) is 0 Å². The summed E-state index contributed by atoms with van der Waals surface area (Å²) in [6, 6.07) is 0.498. The van der Waals surface area contributed by atoms with Gasteiger partial charge in [-0.3, -0.25) is 4.90 Å². The molecule has 1 rings (SSSR count). The molecule has 0 bridgehead atoms. The molecule has 0 aliphatic carbocycles. The first-order valence-electron chi connectivity index (χ1n) is 5.44. The maximum absolute atomic E-state index is 10.8. The summed E-state index contributed by atoms with van der Waals surface area (Å²) in [7, 11) is 0. The van der Waals surface area contributed by atoms with Crippen molar-refractivity contribution in [2.45, 2.75) is 45.8 Å². The van der Waals surface area contributed by atoms with Crippen molar-refractivity contribution in [1.82, 2.24) is 4.90 Å². The smallest absolute Gasteiger partial charge is 0.129 e. The molecule has 0 aromatic rings. The molecular weight excluding hydrogens is 178 g/mol. The summed E-state index contributed by atoms with van der Waals surface area (Å²) < 4.78 is 5.54. The molecule has 0 N–H and O–H groups in total. The van der Waals surface area contributed by atoms with Gasteiger partial charge >= 0.3 is 0 Å². The van der Waals surface area contributed by atoms with Gasteiger partial charge in [0, 0.05) is 19.0 Å². The predicted octanol–water partition coefficient (Wildman–Crippen LogP) is 1.46. The first-order chi connectivity index (χ1) is 6.59. The summed E-state index contributed by atoms with van der Waals surface area (Å²) in [6.07, 6.45) is 2.02. The van der Waals surface area contributed by atoms with Crippen LogP contribution >= 0.6 is 0 Å². The number of hydrogen-bond acceptors (Lipinski definition) is 3. The maximum Gasteiger partial charge on any atom is 0.129 e. The van der Waals surface area contributed by atoms with Crippen molar-refractivity contribution in [2.75, 3.05) is 19.7 Å². The first kappa shape index (κ1) is 11.7. The predicted molar refractivity (Wildman–Crippen MR) is 56.4 cm³/mol. The Balaban J connectivity index is 2.24. The van der Waals surface area contributed by atoms with Crippen LogP contribution in [0.2, 0.25) is 0 Å². The van der Waals surface area contributed by atoms with Gasteiger partial charge in [-0.15, -0.1) is 0 Å². The van der Waals surface area contributed by atoms with Gasteiger partial charge in [0.05, 0.1) is 12.7 Å². The zero-order valence-electron chi connectivity index (χ0n) is 9.45. The van der Waals surface area contributed by atoms with Gasteiger partial charge in [0.1, 0.15) is 5.78 Å². The van der Waals surface area contributed by atoms with Crippen LogP contribution in [-0.4, -0.2) is 42.5 Å². The number of hydrogen-bond donors (Lipinski definition) is 0. The number of ether oxygens (including phenoxy) is 1. The molecule has 14 heavy (non-hydrogen) atoms. The Morgan fingerprint density at radius 3 is 2.86 bits per heavy atom. The number of morpholine rings is 1. The fourth-order valence-electron chi connectivity index (χ4n) is 1.81. The van der Waals surface area contributed by atoms with Crippen LogP contribution in [0.3, 0.4) is 0 Å². The molecule has 1 saturated heterocycles. The lowest BCUT2D eigenvalue weighted by molar-refractivity contribution is -0.117. The van der Waals surface area contributed by atoms with Crippen LogP contribution in [0.15, 0.2) is 0 Å². The van der Waals surface area contributed by atoms with E-state index >= 15 is 0 Å². The summed E-state index contributed by atoms with van der Waals surface area (Å²) >= 11 is 0. The van der Waals surface area contributed by atoms with Gasteiger partial charge in [-0.1, -0.05) is 0 Å². The second kappa shape index (κ2) is 5.47. The number of carbonyl (C=O) groups excluding carboxylic acids is 1. The van der Waals surface area contributed by atoms with Gasteiger partial charge in [0.25, 0.3) is 0 Å². The molecule has 2 atom stereocenters. The summed E-state index contributed by atoms with van der Waals surface area (Å²) in [5.41, 5.74) is 0. The van der Waals surface area contributed by atoms with Gasteiger partial charge in [-0.25, -0.2) is 0 Å². The Morgan fingerprint density at radius 2 is 2.21 bits per heavy atom. The summed E-state index contributed by atoms with van der Waals surface area (Å²) in [4.78, 5) is 13.2. The van der Waals surface area contributed by atoms with E-state index in [1.165, 1.54) is 0 Å². The van der Waals surface area contributed by atoms with Crippen LogP contribution in [-0.2, 0) is 9.53 Å². The molecule has 1 aliphatic heterocycles. The number of Topliss-reactive ketones (excluding diaryl/α,β-unsaturated/α-hetero) is 1. The van der Waals surface area contributed by atoms with Crippen LogP contribution in [0, 0.1) is 0 Å². The van der Waals surface area contributed by atoms with Crippen molar-refractivity contribution in [3.8, 4) is 0 Å². The van der Waals surface area contributed by atoms with Crippen molar-refractivity contribution < 1.29 is 9.53 Å². The molecule has 3 nitrogen and oxygen atoms in total. The van der Waals surface area contributed by atoms with Crippen molar-refractivity contribution in [3.05, 3.63) is 0 Å². The minimum Gasteiger partial charge on any atom is -0.376 e. The second-order valence-electron chi connectivity index (χ2n) is 4.29. The minimum atomic E-state index is 0.291. The third-order valence-electron chi connectivity index (χ3n) is 2.71. The lowest BCUT2D eigenvalue weighted by Crippen LogP contribution is -2.47. The van der Waals surface area contributed by atoms with E-state index in [9.17, 15) is 4.79 Å². The van der Waals surface area contributed by atoms with E-state index < -0.39 is 0 Å². The molecule has 0 spiro atoms. The quantitative estimate of drug-likeness (QED) is 0.686. The first-order valence-corrected chi connectivity index (χ1v) is 5.44. The van der Waals surface area contributed by atoms with E-state index in [1.54, 1.807) is 6.92 Å². The SMILES string of the molecule is CC(=O)CCCN1CC(C)OCC1C. The Bertz CT molecular complexity index is 194. The van der Waals surface area contributed by atoms with Crippen LogP contribution in [0.25, 0.3) is 0 Å². The number of nitrogens with zero attached hydrogens (tertiary/aromatic N) is 1. The summed E-state index contributed by atoms with van der Waals surface area (Å²) in [5, 5.41) is 0. The van der Waals surface area contributed by atoms with Gasteiger partial charge in [-0.2, -0.15) is 0 Å². The van der Waals surface area contributed by atoms with Crippen molar-refractivity contribution in [3.63, 3.8) is 0 Å². The third-order valence-corrected chi connectivity index (χ3v) is 2.71. The highest BCUT2D eigenvalue weighted by atomic mass is 16.5. The largest absolute Gasteiger partial charge is 0.376 e. The molecule has 0 amide bonds. The maximum atomic E-state index is 10.8. The highest BCUT2D eigenvalue weighted by Crippen LogP contribution is 2.11. The van der Waals surface area contributed by atoms with Crippen molar-refractivity contribution >= 4 is 5.78 Å². The summed E-state index contributed by atoms with van der Waals surface area (Å²) in [5.74, 6) is 0.291. The Morgan fingerprint density at radius 1 is 1.50 bits per heavy atom. The Kier molecular flexibility index (Phi) is 4.55. The molecule has 0 saturated carbocycles.